The van der Waals surface area contributed by atoms with E-state index in [1.807, 2.05) is 66.9 Å². The SMILES string of the molecule is [C-]#[N+]/N=C1\c2ccccc2C(=NC#N)c2nc(-c3ccc(-c4ccccc4)s3)c(-c3ccc(-c4ccccc4)s3)nc21. The molecule has 0 saturated heterocycles. The van der Waals surface area contributed by atoms with Crippen molar-refractivity contribution in [1.29, 1.82) is 5.26 Å². The molecule has 3 aromatic carbocycles. The predicted molar refractivity (Wildman–Crippen MR) is 169 cm³/mol. The van der Waals surface area contributed by atoms with Crippen molar-refractivity contribution in [3.63, 3.8) is 0 Å². The van der Waals surface area contributed by atoms with Crippen LogP contribution in [0.4, 0.5) is 0 Å². The average molecular weight is 575 g/mol. The maximum absolute atomic E-state index is 9.64. The number of fused-ring (bicyclic) bond motifs is 2. The first kappa shape index (κ1) is 25.4. The minimum atomic E-state index is 0.420. The van der Waals surface area contributed by atoms with Crippen molar-refractivity contribution in [2.24, 2.45) is 10.1 Å². The minimum absolute atomic E-state index is 0.420. The fraction of sp³-hybridized carbons (Fsp3) is 0. The van der Waals surface area contributed by atoms with Gasteiger partial charge in [-0.2, -0.15) is 16.8 Å². The highest BCUT2D eigenvalue weighted by atomic mass is 32.1. The van der Waals surface area contributed by atoms with Crippen LogP contribution in [0.1, 0.15) is 22.5 Å². The second-order valence-electron chi connectivity index (χ2n) is 9.33. The van der Waals surface area contributed by atoms with Gasteiger partial charge in [-0.1, -0.05) is 84.9 Å². The zero-order valence-electron chi connectivity index (χ0n) is 21.9. The Bertz CT molecular complexity index is 1960. The normalized spacial score (nSPS) is 13.8. The highest BCUT2D eigenvalue weighted by Crippen LogP contribution is 2.42. The first-order chi connectivity index (χ1) is 20.7. The molecule has 196 valence electrons. The van der Waals surface area contributed by atoms with Gasteiger partial charge in [0.15, 0.2) is 5.71 Å². The number of nitriles is 1. The van der Waals surface area contributed by atoms with E-state index < -0.39 is 0 Å². The highest BCUT2D eigenvalue weighted by Gasteiger charge is 2.33. The van der Waals surface area contributed by atoms with Crippen LogP contribution in [0, 0.1) is 18.0 Å². The summed E-state index contributed by atoms with van der Waals surface area (Å²) in [7, 11) is 0. The van der Waals surface area contributed by atoms with Crippen molar-refractivity contribution in [3.8, 4) is 48.2 Å². The zero-order chi connectivity index (χ0) is 28.5. The molecule has 6 aromatic rings. The largest absolute Gasteiger partial charge is 0.241 e. The molecular formula is C34H18N6S2. The molecule has 0 fully saturated rings. The molecule has 1 aliphatic rings. The van der Waals surface area contributed by atoms with Crippen LogP contribution in [0.5, 0.6) is 0 Å². The van der Waals surface area contributed by atoms with Gasteiger partial charge in [-0.3, -0.25) is 0 Å². The molecule has 3 heterocycles. The molecule has 3 aromatic heterocycles. The molecule has 0 saturated carbocycles. The molecule has 0 bridgehead atoms. The van der Waals surface area contributed by atoms with Crippen LogP contribution in [0.15, 0.2) is 119 Å². The van der Waals surface area contributed by atoms with E-state index in [2.05, 4.69) is 63.6 Å². The summed E-state index contributed by atoms with van der Waals surface area (Å²) in [5, 5.41) is 13.8. The molecule has 6 nitrogen and oxygen atoms in total. The summed E-state index contributed by atoms with van der Waals surface area (Å²) in [6.07, 6.45) is 1.94. The lowest BCUT2D eigenvalue weighted by molar-refractivity contribution is 1.16. The number of hydrogen-bond donors (Lipinski definition) is 0. The van der Waals surface area contributed by atoms with E-state index in [1.54, 1.807) is 22.7 Å². The minimum Gasteiger partial charge on any atom is -0.241 e. The fourth-order valence-electron chi connectivity index (χ4n) is 5.02. The second-order valence-corrected chi connectivity index (χ2v) is 11.5. The molecule has 0 radical (unpaired) electrons. The summed E-state index contributed by atoms with van der Waals surface area (Å²) < 4.78 is 0. The zero-order valence-corrected chi connectivity index (χ0v) is 23.5. The van der Waals surface area contributed by atoms with Crippen LogP contribution in [0.3, 0.4) is 0 Å². The highest BCUT2D eigenvalue weighted by molar-refractivity contribution is 7.19. The Labute approximate surface area is 250 Å². The van der Waals surface area contributed by atoms with Crippen molar-refractivity contribution >= 4 is 34.1 Å². The molecule has 1 aliphatic carbocycles. The third-order valence-corrected chi connectivity index (χ3v) is 9.17. The third-order valence-electron chi connectivity index (χ3n) is 6.89. The Hall–Kier alpha value is -5.54. The maximum atomic E-state index is 9.64. The van der Waals surface area contributed by atoms with Crippen LogP contribution >= 0.6 is 22.7 Å². The molecular weight excluding hydrogens is 557 g/mol. The van der Waals surface area contributed by atoms with E-state index in [1.165, 1.54) is 0 Å². The Morgan fingerprint density at radius 1 is 0.571 bits per heavy atom. The smallest absolute Gasteiger partial charge is 0.206 e. The molecule has 8 heteroatoms. The van der Waals surface area contributed by atoms with Gasteiger partial charge in [-0.25, -0.2) is 9.97 Å². The van der Waals surface area contributed by atoms with Gasteiger partial charge in [0.2, 0.25) is 6.19 Å². The Morgan fingerprint density at radius 2 is 1.02 bits per heavy atom. The van der Waals surface area contributed by atoms with Gasteiger partial charge in [0.05, 0.1) is 14.9 Å². The van der Waals surface area contributed by atoms with E-state index in [4.69, 9.17) is 16.5 Å². The van der Waals surface area contributed by atoms with Crippen LogP contribution in [0.25, 0.3) is 47.0 Å². The van der Waals surface area contributed by atoms with Crippen molar-refractivity contribution in [1.82, 2.24) is 9.97 Å². The van der Waals surface area contributed by atoms with Gasteiger partial charge in [0, 0.05) is 20.9 Å². The summed E-state index contributed by atoms with van der Waals surface area (Å²) in [4.78, 5) is 22.0. The van der Waals surface area contributed by atoms with Crippen molar-refractivity contribution in [3.05, 3.63) is 143 Å². The molecule has 7 rings (SSSR count). The number of rotatable bonds is 4. The lowest BCUT2D eigenvalue weighted by Crippen LogP contribution is -2.25. The van der Waals surface area contributed by atoms with Gasteiger partial charge in [-0.05, 0) is 35.4 Å². The Balaban J connectivity index is 1.49. The maximum Gasteiger partial charge on any atom is 0.206 e. The summed E-state index contributed by atoms with van der Waals surface area (Å²) >= 11 is 3.26. The summed E-state index contributed by atoms with van der Waals surface area (Å²) in [5.41, 5.74) is 6.73. The van der Waals surface area contributed by atoms with E-state index in [0.717, 1.165) is 30.6 Å². The van der Waals surface area contributed by atoms with E-state index >= 15 is 0 Å². The quantitative estimate of drug-likeness (QED) is 0.120. The number of aliphatic imine (C=N–C) groups is 1. The number of nitrogens with zero attached hydrogens (tertiary/aromatic N) is 6. The fourth-order valence-corrected chi connectivity index (χ4v) is 7.02. The van der Waals surface area contributed by atoms with Gasteiger partial charge in [0.1, 0.15) is 28.5 Å². The van der Waals surface area contributed by atoms with E-state index in [9.17, 15) is 5.26 Å². The van der Waals surface area contributed by atoms with Crippen LogP contribution in [-0.2, 0) is 0 Å². The number of aromatic nitrogens is 2. The molecule has 42 heavy (non-hydrogen) atoms. The lowest BCUT2D eigenvalue weighted by atomic mass is 9.88. The van der Waals surface area contributed by atoms with Crippen molar-refractivity contribution in [2.75, 3.05) is 0 Å². The first-order valence-electron chi connectivity index (χ1n) is 13.0. The number of hydrogen-bond acceptors (Lipinski definition) is 7. The molecule has 0 aliphatic heterocycles. The Kier molecular flexibility index (Phi) is 6.54. The molecule has 0 atom stereocenters. The van der Waals surface area contributed by atoms with Crippen molar-refractivity contribution < 1.29 is 0 Å². The second kappa shape index (κ2) is 10.8. The van der Waals surface area contributed by atoms with Gasteiger partial charge in [-0.15, -0.1) is 27.6 Å². The lowest BCUT2D eigenvalue weighted by Gasteiger charge is -2.20. The Morgan fingerprint density at radius 3 is 1.52 bits per heavy atom. The number of thiophene rings is 2. The van der Waals surface area contributed by atoms with E-state index in [-0.39, 0.29) is 0 Å². The predicted octanol–water partition coefficient (Wildman–Crippen LogP) is 8.57. The van der Waals surface area contributed by atoms with E-state index in [0.29, 0.717) is 45.3 Å². The monoisotopic (exact) mass is 574 g/mol. The summed E-state index contributed by atoms with van der Waals surface area (Å²) in [6, 6.07) is 36.2. The molecule has 0 unspecified atom stereocenters. The summed E-state index contributed by atoms with van der Waals surface area (Å²) in [5.74, 6) is 0. The van der Waals surface area contributed by atoms with Crippen LogP contribution in [0.2, 0.25) is 0 Å². The van der Waals surface area contributed by atoms with Gasteiger partial charge < -0.3 is 0 Å². The molecule has 0 spiro atoms. The number of benzene rings is 3. The average Bonchev–Trinajstić information content (AvgIpc) is 3.74. The first-order valence-corrected chi connectivity index (χ1v) is 14.6. The van der Waals surface area contributed by atoms with Gasteiger partial charge in [0.25, 0.3) is 0 Å². The van der Waals surface area contributed by atoms with Crippen molar-refractivity contribution in [2.45, 2.75) is 0 Å². The molecule has 0 N–H and O–H groups in total. The van der Waals surface area contributed by atoms with Crippen LogP contribution in [-0.4, -0.2) is 21.4 Å². The summed E-state index contributed by atoms with van der Waals surface area (Å²) in [6.45, 7) is 7.54. The topological polar surface area (TPSA) is 78.6 Å². The van der Waals surface area contributed by atoms with Crippen LogP contribution < -0.4 is 0 Å². The standard InChI is InChI=1S/C34H18N6S2/c1-36-40-30-24-15-9-8-14-23(24)29(37-20-35)33-34(30)39-32(28-19-17-26(42-28)22-12-6-3-7-13-22)31(38-33)27-18-16-25(41-27)21-10-4-2-5-11-21/h2-19H/b37-29?,40-30+. The molecule has 0 amide bonds. The van der Waals surface area contributed by atoms with Gasteiger partial charge >= 0.3 is 0 Å². The third kappa shape index (κ3) is 4.42.